The molecular weight excluding hydrogens is 318 g/mol. The van der Waals surface area contributed by atoms with Crippen LogP contribution in [0.15, 0.2) is 17.0 Å². The predicted molar refractivity (Wildman–Crippen MR) is 83.8 cm³/mol. The van der Waals surface area contributed by atoms with Gasteiger partial charge in [0.1, 0.15) is 10.1 Å². The Morgan fingerprint density at radius 2 is 2.00 bits per heavy atom. The second-order valence-electron chi connectivity index (χ2n) is 5.19. The molecule has 2 aromatic rings. The molecule has 0 aliphatic heterocycles. The zero-order valence-electron chi connectivity index (χ0n) is 12.2. The monoisotopic (exact) mass is 337 g/mol. The highest BCUT2D eigenvalue weighted by Crippen LogP contribution is 2.41. The summed E-state index contributed by atoms with van der Waals surface area (Å²) in [6.07, 6.45) is 7.59. The molecule has 0 spiro atoms. The Bertz CT molecular complexity index is 615. The van der Waals surface area contributed by atoms with E-state index in [-0.39, 0.29) is 11.2 Å². The molecule has 0 radical (unpaired) electrons. The lowest BCUT2D eigenvalue weighted by Gasteiger charge is -2.20. The van der Waals surface area contributed by atoms with Crippen molar-refractivity contribution in [1.29, 1.82) is 0 Å². The maximum Gasteiger partial charge on any atom is 0.172 e. The van der Waals surface area contributed by atoms with Gasteiger partial charge < -0.3 is 4.98 Å². The Morgan fingerprint density at radius 1 is 1.35 bits per heavy atom. The molecule has 4 nitrogen and oxygen atoms in total. The number of aromatic amines is 1. The minimum absolute atomic E-state index is 0.193. The fourth-order valence-electron chi connectivity index (χ4n) is 2.75. The fraction of sp³-hybridized carbons (Fsp3) is 0.533. The van der Waals surface area contributed by atoms with E-state index < -0.39 is 0 Å². The summed E-state index contributed by atoms with van der Waals surface area (Å²) in [6.45, 7) is 6.06. The number of nitrogens with one attached hydrogen (secondary N) is 1. The molecule has 0 saturated heterocycles. The molecular formula is C15H20BrN3O. The van der Waals surface area contributed by atoms with Gasteiger partial charge in [-0.1, -0.05) is 33.6 Å². The number of carbonyl (C=O) groups is 1. The minimum atomic E-state index is -0.223. The number of carbonyl (C=O) groups excluding carboxylic acids is 1. The molecule has 20 heavy (non-hydrogen) atoms. The van der Waals surface area contributed by atoms with E-state index in [1.807, 2.05) is 13.8 Å². The van der Waals surface area contributed by atoms with Gasteiger partial charge in [0.25, 0.3) is 0 Å². The Hall–Kier alpha value is -1.23. The van der Waals surface area contributed by atoms with E-state index in [4.69, 9.17) is 0 Å². The lowest BCUT2D eigenvalue weighted by atomic mass is 9.81. The van der Waals surface area contributed by atoms with Crippen molar-refractivity contribution in [3.05, 3.63) is 22.6 Å². The fourth-order valence-corrected chi connectivity index (χ4v) is 3.03. The standard InChI is InChI=1S/C13H14BrN3O.C2H6/c1-13(4-2-3-5-13)11(18)8-6-15-12-10(8)17-9(14)7-16-12;1-2/h6-7H,2-5H2,1H3,(H,15,16);1-2H3. The van der Waals surface area contributed by atoms with Crippen molar-refractivity contribution in [2.45, 2.75) is 46.5 Å². The molecule has 2 aromatic heterocycles. The van der Waals surface area contributed by atoms with Crippen LogP contribution in [0, 0.1) is 5.41 Å². The molecule has 108 valence electrons. The van der Waals surface area contributed by atoms with Gasteiger partial charge in [0.2, 0.25) is 0 Å². The van der Waals surface area contributed by atoms with Crippen molar-refractivity contribution in [2.75, 3.05) is 0 Å². The number of ketones is 1. The van der Waals surface area contributed by atoms with Gasteiger partial charge in [0.15, 0.2) is 11.4 Å². The summed E-state index contributed by atoms with van der Waals surface area (Å²) in [5.74, 6) is 0.193. The van der Waals surface area contributed by atoms with Crippen LogP contribution in [-0.4, -0.2) is 20.7 Å². The number of H-pyrrole nitrogens is 1. The molecule has 1 aliphatic carbocycles. The molecule has 0 aromatic carbocycles. The van der Waals surface area contributed by atoms with Crippen LogP contribution >= 0.6 is 15.9 Å². The molecule has 1 fully saturated rings. The Kier molecular flexibility index (Phi) is 4.58. The SMILES string of the molecule is CC.CC1(C(=O)c2c[nH]c3ncc(Br)nc23)CCCC1. The van der Waals surface area contributed by atoms with E-state index >= 15 is 0 Å². The van der Waals surface area contributed by atoms with Crippen LogP contribution in [0.25, 0.3) is 11.2 Å². The lowest BCUT2D eigenvalue weighted by Crippen LogP contribution is -2.24. The third-order valence-electron chi connectivity index (χ3n) is 3.85. The summed E-state index contributed by atoms with van der Waals surface area (Å²) in [5.41, 5.74) is 1.79. The van der Waals surface area contributed by atoms with Gasteiger partial charge in [-0.3, -0.25) is 4.79 Å². The first kappa shape index (κ1) is 15.2. The Morgan fingerprint density at radius 3 is 2.65 bits per heavy atom. The molecule has 1 saturated carbocycles. The van der Waals surface area contributed by atoms with Gasteiger partial charge in [-0.15, -0.1) is 0 Å². The van der Waals surface area contributed by atoms with Crippen LogP contribution in [0.4, 0.5) is 0 Å². The van der Waals surface area contributed by atoms with Crippen molar-refractivity contribution in [2.24, 2.45) is 5.41 Å². The van der Waals surface area contributed by atoms with Gasteiger partial charge in [-0.05, 0) is 28.8 Å². The lowest BCUT2D eigenvalue weighted by molar-refractivity contribution is 0.0825. The summed E-state index contributed by atoms with van der Waals surface area (Å²) in [5, 5.41) is 0. The number of fused-ring (bicyclic) bond motifs is 1. The number of hydrogen-bond donors (Lipinski definition) is 1. The molecule has 5 heteroatoms. The molecule has 0 unspecified atom stereocenters. The van der Waals surface area contributed by atoms with Gasteiger partial charge in [0, 0.05) is 11.6 Å². The Labute approximate surface area is 127 Å². The average molecular weight is 338 g/mol. The van der Waals surface area contributed by atoms with Crippen LogP contribution < -0.4 is 0 Å². The highest BCUT2D eigenvalue weighted by molar-refractivity contribution is 9.10. The normalized spacial score (nSPS) is 16.8. The third kappa shape index (κ3) is 2.64. The number of aromatic nitrogens is 3. The highest BCUT2D eigenvalue weighted by atomic mass is 79.9. The van der Waals surface area contributed by atoms with E-state index in [0.29, 0.717) is 21.3 Å². The maximum atomic E-state index is 12.7. The first-order valence-electron chi connectivity index (χ1n) is 7.15. The van der Waals surface area contributed by atoms with Crippen LogP contribution in [0.1, 0.15) is 56.8 Å². The van der Waals surface area contributed by atoms with E-state index in [9.17, 15) is 4.79 Å². The predicted octanol–water partition coefficient (Wildman–Crippen LogP) is 4.51. The largest absolute Gasteiger partial charge is 0.344 e. The average Bonchev–Trinajstić information content (AvgIpc) is 3.07. The first-order valence-corrected chi connectivity index (χ1v) is 7.94. The minimum Gasteiger partial charge on any atom is -0.344 e. The van der Waals surface area contributed by atoms with Crippen LogP contribution in [-0.2, 0) is 0 Å². The van der Waals surface area contributed by atoms with Crippen molar-refractivity contribution in [1.82, 2.24) is 15.0 Å². The molecule has 0 bridgehead atoms. The van der Waals surface area contributed by atoms with Crippen molar-refractivity contribution >= 4 is 32.9 Å². The number of halogens is 1. The zero-order valence-corrected chi connectivity index (χ0v) is 13.7. The number of nitrogens with zero attached hydrogens (tertiary/aromatic N) is 2. The van der Waals surface area contributed by atoms with Crippen molar-refractivity contribution in [3.63, 3.8) is 0 Å². The van der Waals surface area contributed by atoms with E-state index in [1.54, 1.807) is 12.4 Å². The van der Waals surface area contributed by atoms with Crippen molar-refractivity contribution < 1.29 is 4.79 Å². The first-order chi connectivity index (χ1) is 9.60. The molecule has 0 amide bonds. The topological polar surface area (TPSA) is 58.6 Å². The molecule has 0 atom stereocenters. The molecule has 2 heterocycles. The van der Waals surface area contributed by atoms with Gasteiger partial charge >= 0.3 is 0 Å². The van der Waals surface area contributed by atoms with E-state index in [0.717, 1.165) is 25.7 Å². The number of Topliss-reactive ketones (excluding diaryl/α,β-unsaturated/α-hetero) is 1. The van der Waals surface area contributed by atoms with E-state index in [1.165, 1.54) is 0 Å². The van der Waals surface area contributed by atoms with Crippen LogP contribution in [0.3, 0.4) is 0 Å². The highest BCUT2D eigenvalue weighted by Gasteiger charge is 2.38. The number of hydrogen-bond acceptors (Lipinski definition) is 3. The molecule has 1 N–H and O–H groups in total. The zero-order chi connectivity index (χ0) is 14.8. The summed E-state index contributed by atoms with van der Waals surface area (Å²) in [7, 11) is 0. The van der Waals surface area contributed by atoms with Crippen LogP contribution in [0.5, 0.6) is 0 Å². The van der Waals surface area contributed by atoms with Gasteiger partial charge in [-0.25, -0.2) is 9.97 Å². The summed E-state index contributed by atoms with van der Waals surface area (Å²) < 4.78 is 0.653. The third-order valence-corrected chi connectivity index (χ3v) is 4.23. The summed E-state index contributed by atoms with van der Waals surface area (Å²) >= 11 is 3.30. The van der Waals surface area contributed by atoms with Gasteiger partial charge in [-0.2, -0.15) is 0 Å². The number of rotatable bonds is 2. The maximum absolute atomic E-state index is 12.7. The summed E-state index contributed by atoms with van der Waals surface area (Å²) in [6, 6.07) is 0. The van der Waals surface area contributed by atoms with E-state index in [2.05, 4.69) is 37.8 Å². The summed E-state index contributed by atoms with van der Waals surface area (Å²) in [4.78, 5) is 24.3. The molecule has 1 aliphatic rings. The molecule has 3 rings (SSSR count). The second-order valence-corrected chi connectivity index (χ2v) is 6.00. The van der Waals surface area contributed by atoms with Crippen molar-refractivity contribution in [3.8, 4) is 0 Å². The quantitative estimate of drug-likeness (QED) is 0.820. The second kappa shape index (κ2) is 6.04. The van der Waals surface area contributed by atoms with Crippen LogP contribution in [0.2, 0.25) is 0 Å². The smallest absolute Gasteiger partial charge is 0.172 e. The Balaban J connectivity index is 0.000000704. The van der Waals surface area contributed by atoms with Gasteiger partial charge in [0.05, 0.1) is 11.8 Å².